The Balaban J connectivity index is 2.45. The molecule has 0 unspecified atom stereocenters. The van der Waals surface area contributed by atoms with Crippen LogP contribution in [-0.4, -0.2) is 13.2 Å². The molecule has 0 radical (unpaired) electrons. The van der Waals surface area contributed by atoms with Crippen LogP contribution in [0.25, 0.3) is 0 Å². The van der Waals surface area contributed by atoms with Crippen molar-refractivity contribution < 1.29 is 4.74 Å². The molecule has 0 saturated heterocycles. The van der Waals surface area contributed by atoms with E-state index in [1.54, 1.807) is 0 Å². The van der Waals surface area contributed by atoms with E-state index < -0.39 is 10.9 Å². The Morgan fingerprint density at radius 1 is 1.27 bits per heavy atom. The summed E-state index contributed by atoms with van der Waals surface area (Å²) >= 11 is 0. The van der Waals surface area contributed by atoms with Gasteiger partial charge < -0.3 is 10.1 Å². The SMILES string of the molecule is O=c1c2c(c1=O)OCCCN2. The maximum atomic E-state index is 10.8. The Hall–Kier alpha value is -1.32. The van der Waals surface area contributed by atoms with Crippen molar-refractivity contribution in [2.24, 2.45) is 0 Å². The second kappa shape index (κ2) is 2.08. The van der Waals surface area contributed by atoms with E-state index in [9.17, 15) is 9.59 Å². The molecule has 1 aromatic carbocycles. The first-order chi connectivity index (χ1) is 5.30. The molecule has 4 nitrogen and oxygen atoms in total. The zero-order valence-corrected chi connectivity index (χ0v) is 5.85. The molecule has 58 valence electrons. The molecule has 1 aliphatic heterocycles. The van der Waals surface area contributed by atoms with Crippen molar-refractivity contribution >= 4 is 5.69 Å². The minimum Gasteiger partial charge on any atom is -0.487 e. The molecule has 0 aromatic heterocycles. The summed E-state index contributed by atoms with van der Waals surface area (Å²) in [4.78, 5) is 21.6. The van der Waals surface area contributed by atoms with Crippen molar-refractivity contribution in [2.45, 2.75) is 6.42 Å². The molecule has 2 rings (SSSR count). The van der Waals surface area contributed by atoms with E-state index in [1.807, 2.05) is 0 Å². The van der Waals surface area contributed by atoms with Crippen LogP contribution in [0, 0.1) is 0 Å². The molecular formula is C7H7NO3. The average molecular weight is 153 g/mol. The first-order valence-electron chi connectivity index (χ1n) is 3.50. The van der Waals surface area contributed by atoms with E-state index in [4.69, 9.17) is 4.74 Å². The van der Waals surface area contributed by atoms with Gasteiger partial charge in [-0.2, -0.15) is 0 Å². The van der Waals surface area contributed by atoms with Gasteiger partial charge in [-0.15, -0.1) is 0 Å². The Kier molecular flexibility index (Phi) is 1.21. The van der Waals surface area contributed by atoms with Crippen molar-refractivity contribution in [1.29, 1.82) is 0 Å². The topological polar surface area (TPSA) is 55.4 Å². The van der Waals surface area contributed by atoms with Gasteiger partial charge in [-0.05, 0) is 6.42 Å². The van der Waals surface area contributed by atoms with Gasteiger partial charge in [0.05, 0.1) is 6.61 Å². The van der Waals surface area contributed by atoms with Crippen LogP contribution in [0.1, 0.15) is 6.42 Å². The quantitative estimate of drug-likeness (QED) is 0.509. The van der Waals surface area contributed by atoms with Crippen molar-refractivity contribution in [1.82, 2.24) is 0 Å². The van der Waals surface area contributed by atoms with Gasteiger partial charge in [0.15, 0.2) is 5.75 Å². The Morgan fingerprint density at radius 2 is 2.09 bits per heavy atom. The maximum Gasteiger partial charge on any atom is 0.272 e. The molecule has 0 aliphatic carbocycles. The highest BCUT2D eigenvalue weighted by atomic mass is 16.5. The lowest BCUT2D eigenvalue weighted by Crippen LogP contribution is -2.34. The molecule has 0 fully saturated rings. The van der Waals surface area contributed by atoms with Gasteiger partial charge in [0, 0.05) is 6.54 Å². The number of fused-ring (bicyclic) bond motifs is 1. The number of nitrogens with one attached hydrogen (secondary N) is 1. The van der Waals surface area contributed by atoms with Gasteiger partial charge >= 0.3 is 0 Å². The summed E-state index contributed by atoms with van der Waals surface area (Å²) in [7, 11) is 0. The minimum absolute atomic E-state index is 0.229. The fraction of sp³-hybridized carbons (Fsp3) is 0.429. The van der Waals surface area contributed by atoms with Crippen LogP contribution < -0.4 is 20.9 Å². The van der Waals surface area contributed by atoms with E-state index in [2.05, 4.69) is 5.32 Å². The van der Waals surface area contributed by atoms with E-state index in [0.717, 1.165) is 6.42 Å². The van der Waals surface area contributed by atoms with Crippen molar-refractivity contribution in [3.63, 3.8) is 0 Å². The smallest absolute Gasteiger partial charge is 0.272 e. The summed E-state index contributed by atoms with van der Waals surface area (Å²) in [5, 5.41) is 2.85. The monoisotopic (exact) mass is 153 g/mol. The summed E-state index contributed by atoms with van der Waals surface area (Å²) in [5.41, 5.74) is -0.566. The van der Waals surface area contributed by atoms with Crippen LogP contribution in [0.3, 0.4) is 0 Å². The molecular weight excluding hydrogens is 146 g/mol. The molecule has 1 aromatic rings. The van der Waals surface area contributed by atoms with Crippen LogP contribution >= 0.6 is 0 Å². The number of hydrogen-bond donors (Lipinski definition) is 1. The van der Waals surface area contributed by atoms with Gasteiger partial charge in [-0.1, -0.05) is 0 Å². The van der Waals surface area contributed by atoms with Crippen LogP contribution in [-0.2, 0) is 0 Å². The van der Waals surface area contributed by atoms with Gasteiger partial charge in [0.25, 0.3) is 10.9 Å². The predicted molar refractivity (Wildman–Crippen MR) is 40.0 cm³/mol. The van der Waals surface area contributed by atoms with Crippen LogP contribution in [0.15, 0.2) is 9.59 Å². The highest BCUT2D eigenvalue weighted by Crippen LogP contribution is 2.19. The summed E-state index contributed by atoms with van der Waals surface area (Å²) in [5.74, 6) is 0.229. The Morgan fingerprint density at radius 3 is 2.91 bits per heavy atom. The largest absolute Gasteiger partial charge is 0.487 e. The molecule has 1 heterocycles. The summed E-state index contributed by atoms with van der Waals surface area (Å²) in [6.07, 6.45) is 0.827. The number of ether oxygens (including phenoxy) is 1. The molecule has 0 amide bonds. The second-order valence-corrected chi connectivity index (χ2v) is 2.49. The summed E-state index contributed by atoms with van der Waals surface area (Å²) < 4.78 is 5.03. The second-order valence-electron chi connectivity index (χ2n) is 2.49. The van der Waals surface area contributed by atoms with E-state index in [-0.39, 0.29) is 5.75 Å². The summed E-state index contributed by atoms with van der Waals surface area (Å²) in [6.45, 7) is 1.22. The van der Waals surface area contributed by atoms with Crippen molar-refractivity contribution in [2.75, 3.05) is 18.5 Å². The van der Waals surface area contributed by atoms with E-state index >= 15 is 0 Å². The third-order valence-corrected chi connectivity index (χ3v) is 1.74. The fourth-order valence-corrected chi connectivity index (χ4v) is 1.13. The normalized spacial score (nSPS) is 16.4. The highest BCUT2D eigenvalue weighted by molar-refractivity contribution is 5.62. The Labute approximate surface area is 62.5 Å². The zero-order valence-electron chi connectivity index (χ0n) is 5.85. The minimum atomic E-state index is -0.491. The van der Waals surface area contributed by atoms with E-state index in [0.29, 0.717) is 18.8 Å². The average Bonchev–Trinajstić information content (AvgIpc) is 2.25. The lowest BCUT2D eigenvalue weighted by Gasteiger charge is -2.06. The molecule has 1 N–H and O–H groups in total. The zero-order chi connectivity index (χ0) is 7.84. The molecule has 0 atom stereocenters. The third kappa shape index (κ3) is 0.753. The lowest BCUT2D eigenvalue weighted by molar-refractivity contribution is 0.317. The highest BCUT2D eigenvalue weighted by Gasteiger charge is 2.23. The van der Waals surface area contributed by atoms with Crippen molar-refractivity contribution in [3.05, 3.63) is 20.4 Å². The maximum absolute atomic E-state index is 10.8. The van der Waals surface area contributed by atoms with Crippen LogP contribution in [0.5, 0.6) is 5.75 Å². The van der Waals surface area contributed by atoms with Gasteiger partial charge in [-0.3, -0.25) is 9.59 Å². The first-order valence-corrected chi connectivity index (χ1v) is 3.50. The van der Waals surface area contributed by atoms with Crippen LogP contribution in [0.4, 0.5) is 5.69 Å². The van der Waals surface area contributed by atoms with E-state index in [1.165, 1.54) is 0 Å². The van der Waals surface area contributed by atoms with Crippen molar-refractivity contribution in [3.8, 4) is 5.75 Å². The molecule has 0 spiro atoms. The molecule has 4 heteroatoms. The third-order valence-electron chi connectivity index (χ3n) is 1.74. The fourth-order valence-electron chi connectivity index (χ4n) is 1.13. The summed E-state index contributed by atoms with van der Waals surface area (Å²) in [6, 6.07) is 0. The standard InChI is InChI=1S/C7H7NO3/c9-5-4-7(6(5)10)11-3-1-2-8-4/h8H,1-3H2. The van der Waals surface area contributed by atoms with Gasteiger partial charge in [0.1, 0.15) is 5.69 Å². The number of hydrogen-bond acceptors (Lipinski definition) is 4. The molecule has 1 aliphatic rings. The van der Waals surface area contributed by atoms with Crippen LogP contribution in [0.2, 0.25) is 0 Å². The lowest BCUT2D eigenvalue weighted by atomic mass is 10.2. The predicted octanol–water partition coefficient (Wildman–Crippen LogP) is -0.523. The first kappa shape index (κ1) is 6.39. The molecule has 11 heavy (non-hydrogen) atoms. The Bertz CT molecular complexity index is 315. The molecule has 0 saturated carbocycles. The number of rotatable bonds is 0. The molecule has 0 bridgehead atoms. The van der Waals surface area contributed by atoms with Gasteiger partial charge in [-0.25, -0.2) is 0 Å². The van der Waals surface area contributed by atoms with Gasteiger partial charge in [0.2, 0.25) is 0 Å². The number of anilines is 1.